The molecule has 2 aromatic rings. The van der Waals surface area contributed by atoms with Gasteiger partial charge in [-0.3, -0.25) is 14.4 Å². The number of ketones is 2. The van der Waals surface area contributed by atoms with Crippen LogP contribution in [0.2, 0.25) is 0 Å². The van der Waals surface area contributed by atoms with Crippen molar-refractivity contribution in [3.05, 3.63) is 65.7 Å². The molecule has 5 heteroatoms. The van der Waals surface area contributed by atoms with E-state index in [0.29, 0.717) is 28.3 Å². The molecule has 0 saturated heterocycles. The number of hydrogen-bond acceptors (Lipinski definition) is 5. The molecule has 0 spiro atoms. The average Bonchev–Trinajstić information content (AvgIpc) is 2.54. The van der Waals surface area contributed by atoms with E-state index in [2.05, 4.69) is 5.32 Å². The van der Waals surface area contributed by atoms with Gasteiger partial charge in [0, 0.05) is 29.8 Å². The Labute approximate surface area is 132 Å². The van der Waals surface area contributed by atoms with Crippen molar-refractivity contribution in [2.24, 2.45) is 0 Å². The van der Waals surface area contributed by atoms with Gasteiger partial charge in [-0.15, -0.1) is 0 Å². The van der Waals surface area contributed by atoms with Crippen molar-refractivity contribution in [2.45, 2.75) is 6.92 Å². The minimum atomic E-state index is -0.553. The Kier molecular flexibility index (Phi) is 3.76. The topological polar surface area (TPSA) is 72.5 Å². The molecule has 0 saturated carbocycles. The Morgan fingerprint density at radius 3 is 2.26 bits per heavy atom. The number of Topliss-reactive ketones (excluding diaryl/α,β-unsaturated/α-hetero) is 1. The normalized spacial score (nSPS) is 13.2. The average molecular weight is 307 g/mol. The summed E-state index contributed by atoms with van der Waals surface area (Å²) < 4.78 is 4.97. The zero-order valence-corrected chi connectivity index (χ0v) is 12.3. The van der Waals surface area contributed by atoms with Crippen LogP contribution >= 0.6 is 0 Å². The van der Waals surface area contributed by atoms with Crippen molar-refractivity contribution in [3.63, 3.8) is 0 Å². The summed E-state index contributed by atoms with van der Waals surface area (Å²) in [5.41, 5.74) is 2.34. The first-order valence-corrected chi connectivity index (χ1v) is 7.00. The lowest BCUT2D eigenvalue weighted by Gasteiger charge is -2.17. The maximum atomic E-state index is 11.9. The van der Waals surface area contributed by atoms with Gasteiger partial charge in [0.15, 0.2) is 0 Å². The van der Waals surface area contributed by atoms with Gasteiger partial charge in [0.25, 0.3) is 0 Å². The second-order valence-electron chi connectivity index (χ2n) is 5.04. The molecule has 0 aliphatic heterocycles. The molecule has 1 aliphatic carbocycles. The molecule has 23 heavy (non-hydrogen) atoms. The first kappa shape index (κ1) is 14.7. The maximum absolute atomic E-state index is 11.9. The lowest BCUT2D eigenvalue weighted by atomic mass is 9.92. The minimum absolute atomic E-state index is 0.388. The van der Waals surface area contributed by atoms with E-state index in [4.69, 9.17) is 4.74 Å². The number of carbonyl (C=O) groups excluding carboxylic acids is 3. The number of ether oxygens (including phenoxy) is 1. The summed E-state index contributed by atoms with van der Waals surface area (Å²) in [4.78, 5) is 34.6. The summed E-state index contributed by atoms with van der Waals surface area (Å²) in [6.45, 7) is 1.33. The summed E-state index contributed by atoms with van der Waals surface area (Å²) in [7, 11) is 0. The van der Waals surface area contributed by atoms with E-state index in [1.807, 2.05) is 0 Å². The van der Waals surface area contributed by atoms with E-state index in [9.17, 15) is 14.4 Å². The molecule has 1 N–H and O–H groups in total. The van der Waals surface area contributed by atoms with Crippen LogP contribution in [0.5, 0.6) is 5.75 Å². The Morgan fingerprint density at radius 1 is 0.957 bits per heavy atom. The summed E-state index contributed by atoms with van der Waals surface area (Å²) in [5, 5.41) is 3.12. The molecule has 0 unspecified atom stereocenters. The van der Waals surface area contributed by atoms with Crippen molar-refractivity contribution in [1.29, 1.82) is 0 Å². The highest BCUT2D eigenvalue weighted by molar-refractivity contribution is 6.50. The molecule has 0 atom stereocenters. The second kappa shape index (κ2) is 5.88. The van der Waals surface area contributed by atoms with Gasteiger partial charge < -0.3 is 10.1 Å². The van der Waals surface area contributed by atoms with E-state index < -0.39 is 17.5 Å². The van der Waals surface area contributed by atoms with Gasteiger partial charge in [-0.1, -0.05) is 24.3 Å². The van der Waals surface area contributed by atoms with Crippen LogP contribution in [-0.2, 0) is 9.59 Å². The first-order valence-electron chi connectivity index (χ1n) is 7.00. The van der Waals surface area contributed by atoms with E-state index in [0.717, 1.165) is 0 Å². The van der Waals surface area contributed by atoms with Crippen molar-refractivity contribution >= 4 is 28.9 Å². The minimum Gasteiger partial charge on any atom is -0.427 e. The second-order valence-corrected chi connectivity index (χ2v) is 5.04. The van der Waals surface area contributed by atoms with Crippen LogP contribution in [0.3, 0.4) is 0 Å². The SMILES string of the molecule is CC(=O)Oc1ccc(NC2=CC(=O)C(=O)c3ccccc32)cc1. The largest absolute Gasteiger partial charge is 0.427 e. The van der Waals surface area contributed by atoms with Crippen LogP contribution in [0, 0.1) is 0 Å². The molecular weight excluding hydrogens is 294 g/mol. The zero-order chi connectivity index (χ0) is 16.4. The fraction of sp³-hybridized carbons (Fsp3) is 0.0556. The Balaban J connectivity index is 1.88. The Bertz CT molecular complexity index is 834. The van der Waals surface area contributed by atoms with Gasteiger partial charge >= 0.3 is 5.97 Å². The van der Waals surface area contributed by atoms with Crippen molar-refractivity contribution in [1.82, 2.24) is 0 Å². The fourth-order valence-corrected chi connectivity index (χ4v) is 2.35. The van der Waals surface area contributed by atoms with E-state index in [1.54, 1.807) is 48.5 Å². The van der Waals surface area contributed by atoms with Crippen molar-refractivity contribution in [3.8, 4) is 5.75 Å². The molecule has 0 heterocycles. The molecule has 5 nitrogen and oxygen atoms in total. The van der Waals surface area contributed by atoms with Crippen molar-refractivity contribution in [2.75, 3.05) is 5.32 Å². The summed E-state index contributed by atoms with van der Waals surface area (Å²) >= 11 is 0. The number of anilines is 1. The van der Waals surface area contributed by atoms with E-state index in [-0.39, 0.29) is 0 Å². The molecule has 3 rings (SSSR count). The number of benzene rings is 2. The highest BCUT2D eigenvalue weighted by Crippen LogP contribution is 2.27. The monoisotopic (exact) mass is 307 g/mol. The van der Waals surface area contributed by atoms with Crippen LogP contribution in [0.4, 0.5) is 5.69 Å². The molecule has 0 aromatic heterocycles. The van der Waals surface area contributed by atoms with Crippen LogP contribution in [0.15, 0.2) is 54.6 Å². The third kappa shape index (κ3) is 3.03. The Morgan fingerprint density at radius 2 is 1.61 bits per heavy atom. The van der Waals surface area contributed by atoms with Gasteiger partial charge in [-0.05, 0) is 24.3 Å². The number of carbonyl (C=O) groups is 3. The lowest BCUT2D eigenvalue weighted by molar-refractivity contribution is -0.131. The maximum Gasteiger partial charge on any atom is 0.308 e. The smallest absolute Gasteiger partial charge is 0.308 e. The number of nitrogens with one attached hydrogen (secondary N) is 1. The van der Waals surface area contributed by atoms with Gasteiger partial charge in [-0.2, -0.15) is 0 Å². The molecule has 0 radical (unpaired) electrons. The molecule has 0 amide bonds. The highest BCUT2D eigenvalue weighted by atomic mass is 16.5. The predicted octanol–water partition coefficient (Wildman–Crippen LogP) is 2.83. The van der Waals surface area contributed by atoms with Crippen LogP contribution < -0.4 is 10.1 Å². The third-order valence-corrected chi connectivity index (χ3v) is 3.36. The molecule has 0 bridgehead atoms. The standard InChI is InChI=1S/C18H13NO4/c1-11(20)23-13-8-6-12(7-9-13)19-16-10-17(21)18(22)15-5-3-2-4-14(15)16/h2-10,19H,1H3. The van der Waals surface area contributed by atoms with Gasteiger partial charge in [-0.25, -0.2) is 0 Å². The quantitative estimate of drug-likeness (QED) is 0.536. The number of fused-ring (bicyclic) bond motifs is 1. The lowest BCUT2D eigenvalue weighted by Crippen LogP contribution is -2.20. The fourth-order valence-electron chi connectivity index (χ4n) is 2.35. The first-order chi connectivity index (χ1) is 11.0. The Hall–Kier alpha value is -3.21. The van der Waals surface area contributed by atoms with Crippen LogP contribution in [0.1, 0.15) is 22.8 Å². The third-order valence-electron chi connectivity index (χ3n) is 3.36. The molecule has 2 aromatic carbocycles. The van der Waals surface area contributed by atoms with Gasteiger partial charge in [0.1, 0.15) is 5.75 Å². The molecule has 0 fully saturated rings. The summed E-state index contributed by atoms with van der Waals surface area (Å²) in [6.07, 6.45) is 1.30. The number of rotatable bonds is 3. The summed E-state index contributed by atoms with van der Waals surface area (Å²) in [6, 6.07) is 13.7. The van der Waals surface area contributed by atoms with E-state index in [1.165, 1.54) is 13.0 Å². The molecular formula is C18H13NO4. The van der Waals surface area contributed by atoms with Crippen molar-refractivity contribution < 1.29 is 19.1 Å². The number of hydrogen-bond donors (Lipinski definition) is 1. The predicted molar refractivity (Wildman–Crippen MR) is 85.1 cm³/mol. The summed E-state index contributed by atoms with van der Waals surface area (Å²) in [5.74, 6) is -1.01. The molecule has 114 valence electrons. The number of esters is 1. The van der Waals surface area contributed by atoms with Gasteiger partial charge in [0.2, 0.25) is 11.6 Å². The highest BCUT2D eigenvalue weighted by Gasteiger charge is 2.25. The molecule has 1 aliphatic rings. The van der Waals surface area contributed by atoms with Crippen LogP contribution in [0.25, 0.3) is 5.70 Å². The van der Waals surface area contributed by atoms with E-state index >= 15 is 0 Å². The van der Waals surface area contributed by atoms with Crippen LogP contribution in [-0.4, -0.2) is 17.5 Å². The van der Waals surface area contributed by atoms with Gasteiger partial charge in [0.05, 0.1) is 5.70 Å². The zero-order valence-electron chi connectivity index (χ0n) is 12.3. The number of allylic oxidation sites excluding steroid dienone is 1.